The number of aliphatic hydroxyl groups excluding tert-OH is 1. The lowest BCUT2D eigenvalue weighted by Crippen LogP contribution is -2.27. The summed E-state index contributed by atoms with van der Waals surface area (Å²) in [4.78, 5) is 11.5. The first-order valence-corrected chi connectivity index (χ1v) is 6.49. The molecule has 98 valence electrons. The molecule has 1 N–H and O–H groups in total. The second kappa shape index (κ2) is 4.82. The minimum Gasteiger partial charge on any atom is -0.504 e. The van der Waals surface area contributed by atoms with Crippen molar-refractivity contribution in [2.75, 3.05) is 0 Å². The zero-order valence-electron chi connectivity index (χ0n) is 10.9. The SMILES string of the molecule is O=C1C=CC(c2ccccc2)(c2ccccc2)C=C1O. The highest BCUT2D eigenvalue weighted by Crippen LogP contribution is 2.38. The van der Waals surface area contributed by atoms with E-state index in [9.17, 15) is 9.90 Å². The Labute approximate surface area is 117 Å². The zero-order chi connectivity index (χ0) is 14.0. The van der Waals surface area contributed by atoms with Crippen molar-refractivity contribution in [1.82, 2.24) is 0 Å². The first-order valence-electron chi connectivity index (χ1n) is 6.49. The average Bonchev–Trinajstić information content (AvgIpc) is 2.52. The lowest BCUT2D eigenvalue weighted by atomic mass is 9.72. The largest absolute Gasteiger partial charge is 0.504 e. The number of allylic oxidation sites excluding steroid dienone is 3. The van der Waals surface area contributed by atoms with Gasteiger partial charge in [-0.1, -0.05) is 66.7 Å². The van der Waals surface area contributed by atoms with Crippen LogP contribution < -0.4 is 0 Å². The van der Waals surface area contributed by atoms with Crippen LogP contribution in [0.3, 0.4) is 0 Å². The summed E-state index contributed by atoms with van der Waals surface area (Å²) in [7, 11) is 0. The lowest BCUT2D eigenvalue weighted by molar-refractivity contribution is -0.113. The second-order valence-electron chi connectivity index (χ2n) is 4.83. The third kappa shape index (κ3) is 1.95. The second-order valence-corrected chi connectivity index (χ2v) is 4.83. The van der Waals surface area contributed by atoms with Crippen molar-refractivity contribution in [2.24, 2.45) is 0 Å². The van der Waals surface area contributed by atoms with Crippen molar-refractivity contribution in [1.29, 1.82) is 0 Å². The Morgan fingerprint density at radius 1 is 0.800 bits per heavy atom. The van der Waals surface area contributed by atoms with Gasteiger partial charge in [0.2, 0.25) is 5.78 Å². The van der Waals surface area contributed by atoms with Crippen molar-refractivity contribution in [3.63, 3.8) is 0 Å². The van der Waals surface area contributed by atoms with E-state index >= 15 is 0 Å². The minimum absolute atomic E-state index is 0.208. The van der Waals surface area contributed by atoms with E-state index in [4.69, 9.17) is 0 Å². The standard InChI is InChI=1S/C18H14O2/c19-16-11-12-18(13-17(16)20,14-7-3-1-4-8-14)15-9-5-2-6-10-15/h1-13,20H. The van der Waals surface area contributed by atoms with Gasteiger partial charge in [-0.2, -0.15) is 0 Å². The molecule has 0 radical (unpaired) electrons. The Morgan fingerprint density at radius 2 is 1.30 bits per heavy atom. The zero-order valence-corrected chi connectivity index (χ0v) is 10.9. The molecule has 0 heterocycles. The summed E-state index contributed by atoms with van der Waals surface area (Å²) in [6.07, 6.45) is 4.91. The fourth-order valence-electron chi connectivity index (χ4n) is 2.58. The van der Waals surface area contributed by atoms with Gasteiger partial charge in [0, 0.05) is 0 Å². The van der Waals surface area contributed by atoms with E-state index in [1.165, 1.54) is 6.08 Å². The first kappa shape index (κ1) is 12.4. The Morgan fingerprint density at radius 3 is 1.75 bits per heavy atom. The summed E-state index contributed by atoms with van der Waals surface area (Å²) in [6, 6.07) is 19.7. The van der Waals surface area contributed by atoms with Gasteiger partial charge in [-0.3, -0.25) is 4.79 Å². The van der Waals surface area contributed by atoms with Crippen molar-refractivity contribution in [3.8, 4) is 0 Å². The van der Waals surface area contributed by atoms with Crippen LogP contribution in [-0.2, 0) is 10.2 Å². The molecule has 0 aliphatic heterocycles. The molecule has 0 saturated heterocycles. The number of rotatable bonds is 2. The van der Waals surface area contributed by atoms with Crippen LogP contribution in [0.25, 0.3) is 0 Å². The Kier molecular flexibility index (Phi) is 2.99. The third-order valence-electron chi connectivity index (χ3n) is 3.62. The predicted octanol–water partition coefficient (Wildman–Crippen LogP) is 3.55. The third-order valence-corrected chi connectivity index (χ3v) is 3.62. The van der Waals surface area contributed by atoms with E-state index in [1.807, 2.05) is 66.7 Å². The molecular formula is C18H14O2. The summed E-state index contributed by atoms with van der Waals surface area (Å²) in [6.45, 7) is 0. The van der Waals surface area contributed by atoms with Crippen LogP contribution in [0.4, 0.5) is 0 Å². The Balaban J connectivity index is 2.25. The highest BCUT2D eigenvalue weighted by molar-refractivity contribution is 6.03. The molecule has 0 amide bonds. The van der Waals surface area contributed by atoms with Crippen LogP contribution in [0.1, 0.15) is 11.1 Å². The number of carbonyl (C=O) groups is 1. The molecule has 20 heavy (non-hydrogen) atoms. The van der Waals surface area contributed by atoms with Gasteiger partial charge in [0.1, 0.15) is 0 Å². The van der Waals surface area contributed by atoms with Crippen LogP contribution >= 0.6 is 0 Å². The Bertz CT molecular complexity index is 642. The van der Waals surface area contributed by atoms with Gasteiger partial charge < -0.3 is 5.11 Å². The van der Waals surface area contributed by atoms with Crippen molar-refractivity contribution >= 4 is 5.78 Å². The predicted molar refractivity (Wildman–Crippen MR) is 78.5 cm³/mol. The van der Waals surface area contributed by atoms with Gasteiger partial charge in [0.15, 0.2) is 5.76 Å². The van der Waals surface area contributed by atoms with Gasteiger partial charge >= 0.3 is 0 Å². The molecule has 0 bridgehead atoms. The minimum atomic E-state index is -0.597. The normalized spacial score (nSPS) is 16.8. The van der Waals surface area contributed by atoms with E-state index < -0.39 is 5.41 Å². The molecule has 3 rings (SSSR count). The molecule has 2 aromatic rings. The van der Waals surface area contributed by atoms with Crippen molar-refractivity contribution in [3.05, 3.63) is 95.8 Å². The maximum absolute atomic E-state index is 11.5. The van der Waals surface area contributed by atoms with Gasteiger partial charge in [0.05, 0.1) is 5.41 Å². The first-order chi connectivity index (χ1) is 9.72. The van der Waals surface area contributed by atoms with Gasteiger partial charge in [-0.15, -0.1) is 0 Å². The smallest absolute Gasteiger partial charge is 0.219 e. The van der Waals surface area contributed by atoms with E-state index in [0.29, 0.717) is 0 Å². The number of benzene rings is 2. The maximum Gasteiger partial charge on any atom is 0.219 e. The van der Waals surface area contributed by atoms with Gasteiger partial charge in [0.25, 0.3) is 0 Å². The van der Waals surface area contributed by atoms with Crippen LogP contribution in [0.2, 0.25) is 0 Å². The fourth-order valence-corrected chi connectivity index (χ4v) is 2.58. The highest BCUT2D eigenvalue weighted by Gasteiger charge is 2.33. The molecule has 2 heteroatoms. The average molecular weight is 262 g/mol. The molecule has 1 aliphatic rings. The lowest BCUT2D eigenvalue weighted by Gasteiger charge is -2.30. The van der Waals surface area contributed by atoms with E-state index in [2.05, 4.69) is 0 Å². The molecule has 2 nitrogen and oxygen atoms in total. The molecule has 2 aromatic carbocycles. The van der Waals surface area contributed by atoms with E-state index in [1.54, 1.807) is 6.08 Å². The summed E-state index contributed by atoms with van der Waals surface area (Å²) >= 11 is 0. The van der Waals surface area contributed by atoms with Crippen molar-refractivity contribution in [2.45, 2.75) is 5.41 Å². The summed E-state index contributed by atoms with van der Waals surface area (Å²) < 4.78 is 0. The number of aliphatic hydroxyl groups is 1. The quantitative estimate of drug-likeness (QED) is 0.898. The Hall–Kier alpha value is -2.61. The molecule has 0 saturated carbocycles. The van der Waals surface area contributed by atoms with E-state index in [-0.39, 0.29) is 11.5 Å². The number of carbonyl (C=O) groups excluding carboxylic acids is 1. The van der Waals surface area contributed by atoms with Crippen LogP contribution in [0, 0.1) is 0 Å². The molecule has 0 atom stereocenters. The monoisotopic (exact) mass is 262 g/mol. The molecule has 0 unspecified atom stereocenters. The van der Waals surface area contributed by atoms with Crippen molar-refractivity contribution < 1.29 is 9.90 Å². The summed E-state index contributed by atoms with van der Waals surface area (Å²) in [5.41, 5.74) is 1.43. The number of ketones is 1. The van der Waals surface area contributed by atoms with Crippen LogP contribution in [0.15, 0.2) is 84.7 Å². The summed E-state index contributed by atoms with van der Waals surface area (Å²) in [5, 5.41) is 9.90. The maximum atomic E-state index is 11.5. The topological polar surface area (TPSA) is 37.3 Å². The summed E-state index contributed by atoms with van der Waals surface area (Å²) in [5.74, 6) is -0.562. The fraction of sp³-hybridized carbons (Fsp3) is 0.0556. The van der Waals surface area contributed by atoms with E-state index in [0.717, 1.165) is 11.1 Å². The highest BCUT2D eigenvalue weighted by atomic mass is 16.3. The molecule has 0 spiro atoms. The van der Waals surface area contributed by atoms with Crippen LogP contribution in [0.5, 0.6) is 0 Å². The van der Waals surface area contributed by atoms with Gasteiger partial charge in [-0.25, -0.2) is 0 Å². The number of hydrogen-bond acceptors (Lipinski definition) is 2. The molecule has 0 fully saturated rings. The molecule has 0 aromatic heterocycles. The number of hydrogen-bond donors (Lipinski definition) is 1. The van der Waals surface area contributed by atoms with Crippen LogP contribution in [-0.4, -0.2) is 10.9 Å². The molecular weight excluding hydrogens is 248 g/mol. The molecule has 1 aliphatic carbocycles. The van der Waals surface area contributed by atoms with Gasteiger partial charge in [-0.05, 0) is 23.3 Å².